The summed E-state index contributed by atoms with van der Waals surface area (Å²) < 4.78 is 11.2. The lowest BCUT2D eigenvalue weighted by atomic mass is 10.2. The van der Waals surface area contributed by atoms with Crippen LogP contribution < -0.4 is 26.1 Å². The number of nitrogen functional groups attached to an aromatic ring is 1. The SMILES string of the molecule is NNc1cccc(Nc2ccc3c(c2)OCCCO3)n1. The van der Waals surface area contributed by atoms with Crippen molar-refractivity contribution >= 4 is 17.3 Å². The van der Waals surface area contributed by atoms with E-state index in [0.29, 0.717) is 24.8 Å². The van der Waals surface area contributed by atoms with Crippen molar-refractivity contribution < 1.29 is 9.47 Å². The van der Waals surface area contributed by atoms with Crippen molar-refractivity contribution in [2.45, 2.75) is 6.42 Å². The molecule has 3 rings (SSSR count). The fourth-order valence-corrected chi connectivity index (χ4v) is 1.97. The smallest absolute Gasteiger partial charge is 0.163 e. The molecule has 0 amide bonds. The number of hydrogen-bond acceptors (Lipinski definition) is 6. The number of hydrazine groups is 1. The molecule has 0 aliphatic carbocycles. The van der Waals surface area contributed by atoms with Crippen LogP contribution in [-0.4, -0.2) is 18.2 Å². The summed E-state index contributed by atoms with van der Waals surface area (Å²) in [6, 6.07) is 11.3. The van der Waals surface area contributed by atoms with Crippen LogP contribution in [-0.2, 0) is 0 Å². The van der Waals surface area contributed by atoms with Crippen molar-refractivity contribution in [2.75, 3.05) is 24.0 Å². The molecular formula is C14H16N4O2. The summed E-state index contributed by atoms with van der Waals surface area (Å²) in [5.74, 6) is 8.18. The summed E-state index contributed by atoms with van der Waals surface area (Å²) in [6.45, 7) is 1.35. The molecule has 104 valence electrons. The maximum atomic E-state index is 5.65. The van der Waals surface area contributed by atoms with Gasteiger partial charge in [0.1, 0.15) is 11.6 Å². The van der Waals surface area contributed by atoms with E-state index in [1.807, 2.05) is 30.3 Å². The normalized spacial score (nSPS) is 13.4. The van der Waals surface area contributed by atoms with Crippen LogP contribution in [0.2, 0.25) is 0 Å². The molecule has 1 aromatic carbocycles. The number of pyridine rings is 1. The van der Waals surface area contributed by atoms with Gasteiger partial charge in [0.05, 0.1) is 13.2 Å². The summed E-state index contributed by atoms with van der Waals surface area (Å²) in [5.41, 5.74) is 3.40. The third kappa shape index (κ3) is 2.75. The van der Waals surface area contributed by atoms with E-state index >= 15 is 0 Å². The lowest BCUT2D eigenvalue weighted by molar-refractivity contribution is 0.297. The fourth-order valence-electron chi connectivity index (χ4n) is 1.97. The van der Waals surface area contributed by atoms with Crippen LogP contribution in [0.25, 0.3) is 0 Å². The first-order valence-electron chi connectivity index (χ1n) is 6.45. The Bertz CT molecular complexity index is 603. The average molecular weight is 272 g/mol. The van der Waals surface area contributed by atoms with Gasteiger partial charge < -0.3 is 20.2 Å². The highest BCUT2D eigenvalue weighted by molar-refractivity contribution is 5.62. The summed E-state index contributed by atoms with van der Waals surface area (Å²) in [5, 5.41) is 3.21. The van der Waals surface area contributed by atoms with Crippen molar-refractivity contribution in [1.29, 1.82) is 0 Å². The predicted molar refractivity (Wildman–Crippen MR) is 77.4 cm³/mol. The summed E-state index contributed by atoms with van der Waals surface area (Å²) in [6.07, 6.45) is 0.892. The van der Waals surface area contributed by atoms with E-state index in [9.17, 15) is 0 Å². The molecule has 6 nitrogen and oxygen atoms in total. The molecule has 0 saturated heterocycles. The monoisotopic (exact) mass is 272 g/mol. The highest BCUT2D eigenvalue weighted by Crippen LogP contribution is 2.33. The highest BCUT2D eigenvalue weighted by atomic mass is 16.5. The third-order valence-electron chi connectivity index (χ3n) is 2.92. The van der Waals surface area contributed by atoms with Crippen molar-refractivity contribution in [3.63, 3.8) is 0 Å². The largest absolute Gasteiger partial charge is 0.490 e. The topological polar surface area (TPSA) is 81.4 Å². The minimum Gasteiger partial charge on any atom is -0.490 e. The second-order valence-electron chi connectivity index (χ2n) is 4.39. The van der Waals surface area contributed by atoms with Crippen LogP contribution in [0, 0.1) is 0 Å². The second kappa shape index (κ2) is 5.66. The van der Waals surface area contributed by atoms with Crippen LogP contribution in [0.15, 0.2) is 36.4 Å². The molecule has 1 aromatic heterocycles. The van der Waals surface area contributed by atoms with E-state index in [1.165, 1.54) is 0 Å². The number of hydrogen-bond donors (Lipinski definition) is 3. The molecule has 0 bridgehead atoms. The number of nitrogens with zero attached hydrogens (tertiary/aromatic N) is 1. The van der Waals surface area contributed by atoms with Gasteiger partial charge in [-0.3, -0.25) is 0 Å². The van der Waals surface area contributed by atoms with Gasteiger partial charge in [-0.1, -0.05) is 6.07 Å². The summed E-state index contributed by atoms with van der Waals surface area (Å²) in [7, 11) is 0. The van der Waals surface area contributed by atoms with Gasteiger partial charge in [-0.05, 0) is 24.3 Å². The molecule has 2 heterocycles. The first-order chi connectivity index (χ1) is 9.85. The Labute approximate surface area is 116 Å². The molecule has 20 heavy (non-hydrogen) atoms. The molecule has 0 atom stereocenters. The van der Waals surface area contributed by atoms with Gasteiger partial charge in [0.15, 0.2) is 11.5 Å². The minimum atomic E-state index is 0.601. The van der Waals surface area contributed by atoms with Crippen molar-refractivity contribution in [3.8, 4) is 11.5 Å². The van der Waals surface area contributed by atoms with Crippen LogP contribution in [0.1, 0.15) is 6.42 Å². The van der Waals surface area contributed by atoms with Crippen LogP contribution in [0.4, 0.5) is 17.3 Å². The predicted octanol–water partition coefficient (Wildman–Crippen LogP) is 2.27. The number of fused-ring (bicyclic) bond motifs is 1. The van der Waals surface area contributed by atoms with Crippen LogP contribution >= 0.6 is 0 Å². The zero-order chi connectivity index (χ0) is 13.8. The molecular weight excluding hydrogens is 256 g/mol. The number of aromatic nitrogens is 1. The molecule has 0 saturated carbocycles. The van der Waals surface area contributed by atoms with Gasteiger partial charge in [0, 0.05) is 18.2 Å². The van der Waals surface area contributed by atoms with Gasteiger partial charge >= 0.3 is 0 Å². The Morgan fingerprint density at radius 2 is 1.80 bits per heavy atom. The Kier molecular flexibility index (Phi) is 3.56. The molecule has 1 aliphatic heterocycles. The number of rotatable bonds is 3. The average Bonchev–Trinajstić information content (AvgIpc) is 2.72. The molecule has 0 spiro atoms. The number of nitrogens with two attached hydrogens (primary N) is 1. The lowest BCUT2D eigenvalue weighted by Crippen LogP contribution is -2.08. The quantitative estimate of drug-likeness (QED) is 0.587. The second-order valence-corrected chi connectivity index (χ2v) is 4.39. The van der Waals surface area contributed by atoms with Gasteiger partial charge in [0.2, 0.25) is 0 Å². The van der Waals surface area contributed by atoms with Gasteiger partial charge in [-0.15, -0.1) is 0 Å². The number of anilines is 3. The van der Waals surface area contributed by atoms with Gasteiger partial charge in [-0.25, -0.2) is 10.8 Å². The molecule has 6 heteroatoms. The van der Waals surface area contributed by atoms with E-state index in [0.717, 1.165) is 23.6 Å². The maximum Gasteiger partial charge on any atom is 0.163 e. The lowest BCUT2D eigenvalue weighted by Gasteiger charge is -2.11. The molecule has 0 fully saturated rings. The fraction of sp³-hybridized carbons (Fsp3) is 0.214. The van der Waals surface area contributed by atoms with Crippen molar-refractivity contribution in [1.82, 2.24) is 4.98 Å². The van der Waals surface area contributed by atoms with Crippen molar-refractivity contribution in [2.24, 2.45) is 5.84 Å². The number of ether oxygens (including phenoxy) is 2. The Morgan fingerprint density at radius 1 is 1.00 bits per heavy atom. The Hall–Kier alpha value is -2.47. The Morgan fingerprint density at radius 3 is 2.65 bits per heavy atom. The standard InChI is InChI=1S/C14H16N4O2/c15-18-14-4-1-3-13(17-14)16-10-5-6-11-12(9-10)20-8-2-7-19-11/h1,3-6,9H,2,7-8,15H2,(H2,16,17,18). The zero-order valence-electron chi connectivity index (χ0n) is 10.9. The van der Waals surface area contributed by atoms with E-state index in [1.54, 1.807) is 6.07 Å². The molecule has 4 N–H and O–H groups in total. The third-order valence-corrected chi connectivity index (χ3v) is 2.92. The van der Waals surface area contributed by atoms with Gasteiger partial charge in [-0.2, -0.15) is 0 Å². The first-order valence-corrected chi connectivity index (χ1v) is 6.45. The maximum absolute atomic E-state index is 5.65. The summed E-state index contributed by atoms with van der Waals surface area (Å²) in [4.78, 5) is 4.30. The van der Waals surface area contributed by atoms with Crippen LogP contribution in [0.5, 0.6) is 11.5 Å². The molecule has 1 aliphatic rings. The highest BCUT2D eigenvalue weighted by Gasteiger charge is 2.10. The van der Waals surface area contributed by atoms with E-state index in [4.69, 9.17) is 15.3 Å². The molecule has 2 aromatic rings. The van der Waals surface area contributed by atoms with Crippen LogP contribution in [0.3, 0.4) is 0 Å². The Balaban J connectivity index is 1.82. The molecule has 0 unspecified atom stereocenters. The van der Waals surface area contributed by atoms with E-state index in [-0.39, 0.29) is 0 Å². The first kappa shape index (κ1) is 12.6. The van der Waals surface area contributed by atoms with E-state index < -0.39 is 0 Å². The van der Waals surface area contributed by atoms with Crippen molar-refractivity contribution in [3.05, 3.63) is 36.4 Å². The number of benzene rings is 1. The van der Waals surface area contributed by atoms with Gasteiger partial charge in [0.25, 0.3) is 0 Å². The zero-order valence-corrected chi connectivity index (χ0v) is 10.9. The number of nitrogens with one attached hydrogen (secondary N) is 2. The molecule has 0 radical (unpaired) electrons. The summed E-state index contributed by atoms with van der Waals surface area (Å²) >= 11 is 0. The van der Waals surface area contributed by atoms with E-state index in [2.05, 4.69) is 15.7 Å². The minimum absolute atomic E-state index is 0.601.